The zero-order chi connectivity index (χ0) is 25.4. The van der Waals surface area contributed by atoms with Crippen LogP contribution in [0.25, 0.3) is 16.8 Å². The number of hydrogen-bond acceptors (Lipinski definition) is 7. The van der Waals surface area contributed by atoms with Gasteiger partial charge in [-0.3, -0.25) is 9.48 Å². The molecule has 11 heteroatoms. The maximum Gasteiger partial charge on any atom is 0.261 e. The number of nitrogen functional groups attached to an aromatic ring is 1. The van der Waals surface area contributed by atoms with Crippen molar-refractivity contribution in [2.45, 2.75) is 19.9 Å². The van der Waals surface area contributed by atoms with Crippen LogP contribution in [-0.2, 0) is 0 Å². The van der Waals surface area contributed by atoms with Crippen LogP contribution in [0.2, 0.25) is 0 Å². The molecule has 1 aromatic carbocycles. The van der Waals surface area contributed by atoms with Gasteiger partial charge in [0.2, 0.25) is 5.88 Å². The Kier molecular flexibility index (Phi) is 5.80. The lowest BCUT2D eigenvalue weighted by molar-refractivity contribution is 0.102. The molecule has 0 fully saturated rings. The molecule has 4 heterocycles. The minimum Gasteiger partial charge on any atom is -0.480 e. The van der Waals surface area contributed by atoms with Crippen molar-refractivity contribution in [1.82, 2.24) is 29.4 Å². The number of fused-ring (bicyclic) bond motifs is 1. The number of halogens is 1. The Bertz CT molecular complexity index is 1580. The third-order valence-corrected chi connectivity index (χ3v) is 5.97. The Balaban J connectivity index is 1.43. The second-order valence-electron chi connectivity index (χ2n) is 8.29. The first kappa shape index (κ1) is 23.0. The lowest BCUT2D eigenvalue weighted by Crippen LogP contribution is -2.14. The molecule has 0 bridgehead atoms. The molecule has 0 aliphatic rings. The molecule has 0 saturated carbocycles. The Morgan fingerprint density at radius 2 is 1.92 bits per heavy atom. The standard InChI is InChI=1S/C25H23FN8O2/c1-14-8-21(34-22(14)23(27)29-13-31-34)17-9-20(25(36-3)28-10-17)24(35)32-19-11-30-33(12-19)15(2)16-4-6-18(26)7-5-16/h4-13,15H,1-3H3,(H,32,35)(H2,27,29,31). The van der Waals surface area contributed by atoms with Gasteiger partial charge in [-0.25, -0.2) is 18.9 Å². The average molecular weight is 487 g/mol. The maximum absolute atomic E-state index is 13.3. The Morgan fingerprint density at radius 3 is 2.67 bits per heavy atom. The minimum atomic E-state index is -0.415. The van der Waals surface area contributed by atoms with Crippen LogP contribution in [-0.4, -0.2) is 42.4 Å². The van der Waals surface area contributed by atoms with Gasteiger partial charge in [-0.15, -0.1) is 0 Å². The number of nitrogens with one attached hydrogen (secondary N) is 1. The number of methoxy groups -OCH3 is 1. The van der Waals surface area contributed by atoms with E-state index in [4.69, 9.17) is 10.5 Å². The maximum atomic E-state index is 13.3. The van der Waals surface area contributed by atoms with Crippen molar-refractivity contribution in [3.05, 3.63) is 83.8 Å². The van der Waals surface area contributed by atoms with Gasteiger partial charge in [-0.1, -0.05) is 12.1 Å². The van der Waals surface area contributed by atoms with Crippen molar-refractivity contribution in [3.8, 4) is 17.1 Å². The van der Waals surface area contributed by atoms with Crippen LogP contribution in [0, 0.1) is 12.7 Å². The van der Waals surface area contributed by atoms with Gasteiger partial charge in [-0.2, -0.15) is 10.2 Å². The number of benzene rings is 1. The molecular weight excluding hydrogens is 463 g/mol. The quantitative estimate of drug-likeness (QED) is 0.373. The van der Waals surface area contributed by atoms with Gasteiger partial charge in [0, 0.05) is 18.0 Å². The third kappa shape index (κ3) is 4.11. The highest BCUT2D eigenvalue weighted by atomic mass is 19.1. The fourth-order valence-electron chi connectivity index (χ4n) is 4.08. The smallest absolute Gasteiger partial charge is 0.261 e. The summed E-state index contributed by atoms with van der Waals surface area (Å²) in [5.74, 6) is -0.180. The minimum absolute atomic E-state index is 0.156. The van der Waals surface area contributed by atoms with Crippen molar-refractivity contribution in [3.63, 3.8) is 0 Å². The first-order chi connectivity index (χ1) is 17.4. The highest BCUT2D eigenvalue weighted by Gasteiger charge is 2.20. The number of aromatic nitrogens is 6. The summed E-state index contributed by atoms with van der Waals surface area (Å²) in [6.45, 7) is 3.84. The summed E-state index contributed by atoms with van der Waals surface area (Å²) < 4.78 is 22.0. The van der Waals surface area contributed by atoms with Crippen LogP contribution in [0.3, 0.4) is 0 Å². The molecular formula is C25H23FN8O2. The van der Waals surface area contributed by atoms with Crippen LogP contribution in [0.1, 0.15) is 34.5 Å². The number of nitrogens with two attached hydrogens (primary N) is 1. The third-order valence-electron chi connectivity index (χ3n) is 5.97. The highest BCUT2D eigenvalue weighted by molar-refractivity contribution is 6.06. The number of carbonyl (C=O) groups is 1. The molecule has 4 aromatic heterocycles. The van der Waals surface area contributed by atoms with E-state index in [1.807, 2.05) is 19.9 Å². The van der Waals surface area contributed by atoms with E-state index in [2.05, 4.69) is 25.5 Å². The number of carbonyl (C=O) groups excluding carboxylic acids is 1. The average Bonchev–Trinajstić information content (AvgIpc) is 3.48. The van der Waals surface area contributed by atoms with E-state index in [0.717, 1.165) is 11.1 Å². The molecule has 1 amide bonds. The van der Waals surface area contributed by atoms with Gasteiger partial charge in [-0.05, 0) is 49.2 Å². The Labute approximate surface area is 205 Å². The van der Waals surface area contributed by atoms with Gasteiger partial charge in [0.1, 0.15) is 23.2 Å². The fraction of sp³-hybridized carbons (Fsp3) is 0.160. The van der Waals surface area contributed by atoms with Crippen LogP contribution in [0.15, 0.2) is 61.3 Å². The van der Waals surface area contributed by atoms with E-state index in [1.165, 1.54) is 25.6 Å². The number of rotatable bonds is 6. The summed E-state index contributed by atoms with van der Waals surface area (Å²) in [6, 6.07) is 9.65. The first-order valence-corrected chi connectivity index (χ1v) is 11.1. The molecule has 5 rings (SSSR count). The molecule has 10 nitrogen and oxygen atoms in total. The van der Waals surface area contributed by atoms with Crippen molar-refractivity contribution in [2.24, 2.45) is 0 Å². The lowest BCUT2D eigenvalue weighted by Gasteiger charge is -2.12. The van der Waals surface area contributed by atoms with Crippen molar-refractivity contribution in [1.29, 1.82) is 0 Å². The molecule has 3 N–H and O–H groups in total. The summed E-state index contributed by atoms with van der Waals surface area (Å²) in [5.41, 5.74) is 10.6. The number of amides is 1. The molecule has 0 spiro atoms. The summed E-state index contributed by atoms with van der Waals surface area (Å²) in [4.78, 5) is 21.6. The molecule has 5 aromatic rings. The van der Waals surface area contributed by atoms with E-state index in [-0.39, 0.29) is 23.3 Å². The molecule has 0 aliphatic heterocycles. The number of anilines is 2. The normalized spacial score (nSPS) is 12.0. The Hall–Kier alpha value is -4.80. The lowest BCUT2D eigenvalue weighted by atomic mass is 10.1. The van der Waals surface area contributed by atoms with Crippen molar-refractivity contribution >= 4 is 22.9 Å². The van der Waals surface area contributed by atoms with Crippen LogP contribution >= 0.6 is 0 Å². The zero-order valence-corrected chi connectivity index (χ0v) is 19.8. The van der Waals surface area contributed by atoms with Crippen LogP contribution in [0.5, 0.6) is 5.88 Å². The van der Waals surface area contributed by atoms with Gasteiger partial charge >= 0.3 is 0 Å². The topological polar surface area (TPSA) is 125 Å². The molecule has 36 heavy (non-hydrogen) atoms. The molecule has 1 atom stereocenters. The molecule has 0 radical (unpaired) electrons. The summed E-state index contributed by atoms with van der Waals surface area (Å²) in [7, 11) is 1.45. The Morgan fingerprint density at radius 1 is 1.14 bits per heavy atom. The molecule has 1 unspecified atom stereocenters. The van der Waals surface area contributed by atoms with Crippen LogP contribution in [0.4, 0.5) is 15.9 Å². The predicted octanol–water partition coefficient (Wildman–Crippen LogP) is 3.89. The SMILES string of the molecule is COc1ncc(-c2cc(C)c3c(N)ncnn23)cc1C(=O)Nc1cnn(C(C)c2ccc(F)cc2)c1. The number of ether oxygens (including phenoxy) is 1. The van der Waals surface area contributed by atoms with Crippen molar-refractivity contribution < 1.29 is 13.9 Å². The zero-order valence-electron chi connectivity index (χ0n) is 19.8. The van der Waals surface area contributed by atoms with E-state index >= 15 is 0 Å². The molecule has 0 aliphatic carbocycles. The first-order valence-electron chi connectivity index (χ1n) is 11.1. The summed E-state index contributed by atoms with van der Waals surface area (Å²) in [5, 5.41) is 11.5. The van der Waals surface area contributed by atoms with Gasteiger partial charge in [0.15, 0.2) is 5.82 Å². The largest absolute Gasteiger partial charge is 0.480 e. The number of pyridine rings is 1. The summed E-state index contributed by atoms with van der Waals surface area (Å²) in [6.07, 6.45) is 6.24. The number of aryl methyl sites for hydroxylation is 1. The number of hydrogen-bond donors (Lipinski definition) is 2. The van der Waals surface area contributed by atoms with E-state index < -0.39 is 5.91 Å². The summed E-state index contributed by atoms with van der Waals surface area (Å²) >= 11 is 0. The number of nitrogens with zero attached hydrogens (tertiary/aromatic N) is 6. The van der Waals surface area contributed by atoms with E-state index in [1.54, 1.807) is 46.0 Å². The van der Waals surface area contributed by atoms with Crippen LogP contribution < -0.4 is 15.8 Å². The second kappa shape index (κ2) is 9.10. The molecule has 0 saturated heterocycles. The van der Waals surface area contributed by atoms with Crippen molar-refractivity contribution in [2.75, 3.05) is 18.2 Å². The fourth-order valence-corrected chi connectivity index (χ4v) is 4.08. The predicted molar refractivity (Wildman–Crippen MR) is 132 cm³/mol. The second-order valence-corrected chi connectivity index (χ2v) is 8.29. The van der Waals surface area contributed by atoms with Gasteiger partial charge in [0.05, 0.1) is 30.7 Å². The molecule has 182 valence electrons. The van der Waals surface area contributed by atoms with Gasteiger partial charge < -0.3 is 15.8 Å². The highest BCUT2D eigenvalue weighted by Crippen LogP contribution is 2.30. The monoisotopic (exact) mass is 486 g/mol. The van der Waals surface area contributed by atoms with E-state index in [0.29, 0.717) is 28.3 Å². The van der Waals surface area contributed by atoms with E-state index in [9.17, 15) is 9.18 Å². The van der Waals surface area contributed by atoms with Gasteiger partial charge in [0.25, 0.3) is 5.91 Å².